The molecule has 0 amide bonds. The van der Waals surface area contributed by atoms with Crippen molar-refractivity contribution in [3.63, 3.8) is 0 Å². The molecule has 0 heterocycles. The highest BCUT2D eigenvalue weighted by molar-refractivity contribution is 9.11. The zero-order valence-corrected chi connectivity index (χ0v) is 15.8. The van der Waals surface area contributed by atoms with E-state index in [1.807, 2.05) is 36.4 Å². The number of halogens is 3. The van der Waals surface area contributed by atoms with Crippen LogP contribution in [0.1, 0.15) is 5.56 Å². The molecule has 2 rings (SSSR count). The number of hydrogen-bond donors (Lipinski definition) is 1. The van der Waals surface area contributed by atoms with E-state index in [9.17, 15) is 0 Å². The topological polar surface area (TPSA) is 21.3 Å². The molecule has 0 aliphatic carbocycles. The van der Waals surface area contributed by atoms with Gasteiger partial charge < -0.3 is 10.1 Å². The van der Waals surface area contributed by atoms with Crippen LogP contribution in [0.2, 0.25) is 0 Å². The molecule has 108 valence electrons. The number of rotatable bonds is 5. The highest BCUT2D eigenvalue weighted by atomic mass is 79.9. The van der Waals surface area contributed by atoms with Crippen LogP contribution < -0.4 is 10.1 Å². The average molecular weight is 474 g/mol. The molecule has 1 N–H and O–H groups in total. The largest absolute Gasteiger partial charge is 0.481 e. The summed E-state index contributed by atoms with van der Waals surface area (Å²) < 4.78 is 8.56. The van der Waals surface area contributed by atoms with Gasteiger partial charge in [-0.1, -0.05) is 27.9 Å². The van der Waals surface area contributed by atoms with Crippen LogP contribution >= 0.6 is 47.8 Å². The van der Waals surface area contributed by atoms with Gasteiger partial charge in [-0.3, -0.25) is 0 Å². The molecule has 21 heavy (non-hydrogen) atoms. The number of anilines is 1. The first-order valence-corrected chi connectivity index (χ1v) is 8.52. The summed E-state index contributed by atoms with van der Waals surface area (Å²) in [7, 11) is 0. The van der Waals surface area contributed by atoms with E-state index in [2.05, 4.69) is 59.0 Å². The highest BCUT2D eigenvalue weighted by Gasteiger charge is 2.08. The first kappa shape index (κ1) is 16.4. The van der Waals surface area contributed by atoms with Gasteiger partial charge in [0.05, 0.1) is 5.69 Å². The Bertz CT molecular complexity index is 659. The van der Waals surface area contributed by atoms with E-state index in [1.165, 1.54) is 0 Å². The van der Waals surface area contributed by atoms with E-state index in [4.69, 9.17) is 11.2 Å². The Morgan fingerprint density at radius 3 is 2.48 bits per heavy atom. The lowest BCUT2D eigenvalue weighted by molar-refractivity contribution is 0.366. The Morgan fingerprint density at radius 2 is 1.81 bits per heavy atom. The lowest BCUT2D eigenvalue weighted by Crippen LogP contribution is -2.04. The third-order valence-corrected chi connectivity index (χ3v) is 4.57. The number of ether oxygens (including phenoxy) is 1. The number of para-hydroxylation sites is 1. The minimum Gasteiger partial charge on any atom is -0.481 e. The molecule has 0 unspecified atom stereocenters. The summed E-state index contributed by atoms with van der Waals surface area (Å²) in [6.07, 6.45) is 5.25. The second-order valence-corrected chi connectivity index (χ2v) is 6.82. The SMILES string of the molecule is C#CCOc1ccc(Br)cc1CNc1c(Br)cccc1Br. The van der Waals surface area contributed by atoms with Crippen LogP contribution in [0.5, 0.6) is 5.75 Å². The van der Waals surface area contributed by atoms with Crippen LogP contribution in [-0.4, -0.2) is 6.61 Å². The molecule has 2 nitrogen and oxygen atoms in total. The molecule has 5 heteroatoms. The Kier molecular flexibility index (Phi) is 6.16. The molecule has 0 atom stereocenters. The summed E-state index contributed by atoms with van der Waals surface area (Å²) in [6, 6.07) is 11.8. The predicted octanol–water partition coefficient (Wildman–Crippen LogP) is 5.60. The summed E-state index contributed by atoms with van der Waals surface area (Å²) in [5, 5.41) is 3.40. The van der Waals surface area contributed by atoms with Gasteiger partial charge >= 0.3 is 0 Å². The molecular weight excluding hydrogens is 462 g/mol. The van der Waals surface area contributed by atoms with Crippen molar-refractivity contribution >= 4 is 53.5 Å². The summed E-state index contributed by atoms with van der Waals surface area (Å²) in [4.78, 5) is 0. The lowest BCUT2D eigenvalue weighted by atomic mass is 10.2. The Hall–Kier alpha value is -0.960. The van der Waals surface area contributed by atoms with Gasteiger partial charge in [-0.25, -0.2) is 0 Å². The number of hydrogen-bond acceptors (Lipinski definition) is 2. The minimum absolute atomic E-state index is 0.257. The molecule has 0 aliphatic rings. The normalized spacial score (nSPS) is 10.0. The Labute approximate surface area is 149 Å². The van der Waals surface area contributed by atoms with Crippen molar-refractivity contribution in [2.24, 2.45) is 0 Å². The van der Waals surface area contributed by atoms with Gasteiger partial charge in [-0.15, -0.1) is 6.42 Å². The molecule has 0 aliphatic heterocycles. The molecule has 0 bridgehead atoms. The summed E-state index contributed by atoms with van der Waals surface area (Å²) in [5.41, 5.74) is 2.03. The smallest absolute Gasteiger partial charge is 0.148 e. The molecule has 0 spiro atoms. The third-order valence-electron chi connectivity index (χ3n) is 2.75. The Morgan fingerprint density at radius 1 is 1.10 bits per heavy atom. The van der Waals surface area contributed by atoms with Crippen LogP contribution in [0.4, 0.5) is 5.69 Å². The van der Waals surface area contributed by atoms with Crippen LogP contribution in [0, 0.1) is 12.3 Å². The molecule has 2 aromatic rings. The van der Waals surface area contributed by atoms with Crippen LogP contribution in [0.3, 0.4) is 0 Å². The van der Waals surface area contributed by atoms with Crippen molar-refractivity contribution in [3.05, 3.63) is 55.4 Å². The summed E-state index contributed by atoms with van der Waals surface area (Å²) in [6.45, 7) is 0.883. The van der Waals surface area contributed by atoms with Crippen LogP contribution in [0.15, 0.2) is 49.8 Å². The minimum atomic E-state index is 0.257. The van der Waals surface area contributed by atoms with Crippen molar-refractivity contribution in [3.8, 4) is 18.1 Å². The molecular formula is C16H12Br3NO. The van der Waals surface area contributed by atoms with Gasteiger partial charge in [-0.2, -0.15) is 0 Å². The standard InChI is InChI=1S/C16H12Br3NO/c1-2-8-21-15-7-6-12(17)9-11(15)10-20-16-13(18)4-3-5-14(16)19/h1,3-7,9,20H,8,10H2. The molecule has 0 fully saturated rings. The van der Waals surface area contributed by atoms with E-state index in [0.29, 0.717) is 6.54 Å². The molecule has 2 aromatic carbocycles. The number of benzene rings is 2. The zero-order valence-electron chi connectivity index (χ0n) is 11.0. The lowest BCUT2D eigenvalue weighted by Gasteiger charge is -2.14. The van der Waals surface area contributed by atoms with Gasteiger partial charge in [0.2, 0.25) is 0 Å². The van der Waals surface area contributed by atoms with Crippen molar-refractivity contribution in [1.29, 1.82) is 0 Å². The van der Waals surface area contributed by atoms with Crippen LogP contribution in [-0.2, 0) is 6.54 Å². The highest BCUT2D eigenvalue weighted by Crippen LogP contribution is 2.32. The fourth-order valence-corrected chi connectivity index (χ4v) is 3.48. The second kappa shape index (κ2) is 7.88. The Balaban J connectivity index is 2.19. The third kappa shape index (κ3) is 4.50. The van der Waals surface area contributed by atoms with Gasteiger partial charge in [0.15, 0.2) is 0 Å². The van der Waals surface area contributed by atoms with Crippen molar-refractivity contribution < 1.29 is 4.74 Å². The fourth-order valence-electron chi connectivity index (χ4n) is 1.80. The fraction of sp³-hybridized carbons (Fsp3) is 0.125. The van der Waals surface area contributed by atoms with Gasteiger partial charge in [0, 0.05) is 25.5 Å². The van der Waals surface area contributed by atoms with Crippen molar-refractivity contribution in [1.82, 2.24) is 0 Å². The number of terminal acetylenes is 1. The van der Waals surface area contributed by atoms with Crippen molar-refractivity contribution in [2.45, 2.75) is 6.54 Å². The van der Waals surface area contributed by atoms with Crippen LogP contribution in [0.25, 0.3) is 0 Å². The maximum Gasteiger partial charge on any atom is 0.148 e. The summed E-state index contributed by atoms with van der Waals surface area (Å²) in [5.74, 6) is 3.26. The molecule has 0 saturated carbocycles. The van der Waals surface area contributed by atoms with Gasteiger partial charge in [-0.05, 0) is 62.2 Å². The quantitative estimate of drug-likeness (QED) is 0.571. The van der Waals surface area contributed by atoms with E-state index in [0.717, 1.165) is 30.4 Å². The maximum absolute atomic E-state index is 5.57. The zero-order chi connectivity index (χ0) is 15.2. The van der Waals surface area contributed by atoms with E-state index in [1.54, 1.807) is 0 Å². The average Bonchev–Trinajstić information content (AvgIpc) is 2.46. The maximum atomic E-state index is 5.57. The number of nitrogens with one attached hydrogen (secondary N) is 1. The first-order valence-electron chi connectivity index (χ1n) is 6.14. The van der Waals surface area contributed by atoms with Gasteiger partial charge in [0.1, 0.15) is 12.4 Å². The first-order chi connectivity index (χ1) is 10.1. The van der Waals surface area contributed by atoms with Gasteiger partial charge in [0.25, 0.3) is 0 Å². The molecule has 0 radical (unpaired) electrons. The molecule has 0 saturated heterocycles. The second-order valence-electron chi connectivity index (χ2n) is 4.20. The van der Waals surface area contributed by atoms with Crippen molar-refractivity contribution in [2.75, 3.05) is 11.9 Å². The van der Waals surface area contributed by atoms with E-state index < -0.39 is 0 Å². The molecule has 0 aromatic heterocycles. The monoisotopic (exact) mass is 471 g/mol. The predicted molar refractivity (Wildman–Crippen MR) is 97.6 cm³/mol. The van der Waals surface area contributed by atoms with E-state index >= 15 is 0 Å². The summed E-state index contributed by atoms with van der Waals surface area (Å²) >= 11 is 10.5. The van der Waals surface area contributed by atoms with E-state index in [-0.39, 0.29) is 6.61 Å².